The molecule has 1 aromatic carbocycles. The van der Waals surface area contributed by atoms with Crippen molar-refractivity contribution in [1.29, 1.82) is 0 Å². The Morgan fingerprint density at radius 3 is 2.88 bits per heavy atom. The van der Waals surface area contributed by atoms with Crippen LogP contribution in [0.4, 0.5) is 4.39 Å². The van der Waals surface area contributed by atoms with Crippen LogP contribution >= 0.6 is 0 Å². The molecule has 0 saturated heterocycles. The van der Waals surface area contributed by atoms with Gasteiger partial charge in [-0.3, -0.25) is 0 Å². The van der Waals surface area contributed by atoms with E-state index < -0.39 is 0 Å². The standard InChI is InChI=1S/C10H11FN4O/c1-7-3-4-8(5-9(7)11)16-6-10-12-14-15(2)13-10/h3-5H,6H2,1-2H3. The fourth-order valence-electron chi connectivity index (χ4n) is 1.19. The minimum atomic E-state index is -0.287. The van der Waals surface area contributed by atoms with Crippen LogP contribution < -0.4 is 4.74 Å². The van der Waals surface area contributed by atoms with E-state index in [9.17, 15) is 4.39 Å². The Morgan fingerprint density at radius 2 is 2.25 bits per heavy atom. The molecule has 0 spiro atoms. The molecule has 0 N–H and O–H groups in total. The average Bonchev–Trinajstić information content (AvgIpc) is 2.66. The lowest BCUT2D eigenvalue weighted by Crippen LogP contribution is -1.99. The molecule has 0 atom stereocenters. The van der Waals surface area contributed by atoms with E-state index in [-0.39, 0.29) is 12.4 Å². The summed E-state index contributed by atoms with van der Waals surface area (Å²) in [6.45, 7) is 1.87. The summed E-state index contributed by atoms with van der Waals surface area (Å²) < 4.78 is 18.5. The lowest BCUT2D eigenvalue weighted by molar-refractivity contribution is 0.293. The van der Waals surface area contributed by atoms with Crippen molar-refractivity contribution in [1.82, 2.24) is 20.2 Å². The van der Waals surface area contributed by atoms with Crippen LogP contribution in [0, 0.1) is 12.7 Å². The van der Waals surface area contributed by atoms with E-state index in [1.807, 2.05) is 0 Å². The molecule has 0 bridgehead atoms. The summed E-state index contributed by atoms with van der Waals surface area (Å²) in [5.41, 5.74) is 0.588. The number of aromatic nitrogens is 4. The van der Waals surface area contributed by atoms with Gasteiger partial charge in [0.25, 0.3) is 0 Å². The lowest BCUT2D eigenvalue weighted by Gasteiger charge is -2.04. The number of aryl methyl sites for hydroxylation is 2. The Labute approximate surface area is 91.8 Å². The van der Waals surface area contributed by atoms with Crippen LogP contribution in [-0.2, 0) is 13.7 Å². The Balaban J connectivity index is 2.02. The third-order valence-electron chi connectivity index (χ3n) is 2.06. The summed E-state index contributed by atoms with van der Waals surface area (Å²) in [4.78, 5) is 1.34. The number of nitrogens with zero attached hydrogens (tertiary/aromatic N) is 4. The van der Waals surface area contributed by atoms with Crippen LogP contribution in [-0.4, -0.2) is 20.2 Å². The van der Waals surface area contributed by atoms with Gasteiger partial charge in [-0.05, 0) is 23.8 Å². The summed E-state index contributed by atoms with van der Waals surface area (Å²) in [6, 6.07) is 4.70. The van der Waals surface area contributed by atoms with Crippen LogP contribution in [0.1, 0.15) is 11.4 Å². The van der Waals surface area contributed by atoms with Crippen LogP contribution in [0.3, 0.4) is 0 Å². The van der Waals surface area contributed by atoms with Gasteiger partial charge in [0.2, 0.25) is 5.82 Å². The minimum Gasteiger partial charge on any atom is -0.485 e. The maximum absolute atomic E-state index is 13.2. The van der Waals surface area contributed by atoms with Gasteiger partial charge in [-0.2, -0.15) is 4.80 Å². The quantitative estimate of drug-likeness (QED) is 0.784. The molecule has 2 aromatic rings. The van der Waals surface area contributed by atoms with Crippen molar-refractivity contribution in [2.45, 2.75) is 13.5 Å². The van der Waals surface area contributed by atoms with Crippen LogP contribution in [0.15, 0.2) is 18.2 Å². The number of rotatable bonds is 3. The van der Waals surface area contributed by atoms with Crippen molar-refractivity contribution < 1.29 is 9.13 Å². The van der Waals surface area contributed by atoms with Gasteiger partial charge < -0.3 is 4.74 Å². The molecule has 5 nitrogen and oxygen atoms in total. The molecule has 0 aliphatic heterocycles. The summed E-state index contributed by atoms with van der Waals surface area (Å²) >= 11 is 0. The van der Waals surface area contributed by atoms with E-state index in [0.717, 1.165) is 0 Å². The number of ether oxygens (including phenoxy) is 1. The van der Waals surface area contributed by atoms with E-state index in [1.54, 1.807) is 26.1 Å². The molecule has 1 aromatic heterocycles. The third-order valence-corrected chi connectivity index (χ3v) is 2.06. The molecular formula is C10H11FN4O. The van der Waals surface area contributed by atoms with Gasteiger partial charge in [-0.15, -0.1) is 10.2 Å². The van der Waals surface area contributed by atoms with Gasteiger partial charge >= 0.3 is 0 Å². The maximum Gasteiger partial charge on any atom is 0.212 e. The summed E-state index contributed by atoms with van der Waals surface area (Å²) in [7, 11) is 1.67. The highest BCUT2D eigenvalue weighted by Gasteiger charge is 2.03. The van der Waals surface area contributed by atoms with Crippen molar-refractivity contribution in [2.24, 2.45) is 7.05 Å². The monoisotopic (exact) mass is 222 g/mol. The maximum atomic E-state index is 13.2. The highest BCUT2D eigenvalue weighted by Crippen LogP contribution is 2.16. The fourth-order valence-corrected chi connectivity index (χ4v) is 1.19. The van der Waals surface area contributed by atoms with E-state index in [1.165, 1.54) is 10.9 Å². The first-order valence-corrected chi connectivity index (χ1v) is 4.77. The Kier molecular flexibility index (Phi) is 2.80. The Hall–Kier alpha value is -1.98. The second-order valence-electron chi connectivity index (χ2n) is 3.39. The van der Waals surface area contributed by atoms with Gasteiger partial charge in [0.1, 0.15) is 11.6 Å². The second kappa shape index (κ2) is 4.26. The number of hydrogen-bond acceptors (Lipinski definition) is 4. The largest absolute Gasteiger partial charge is 0.485 e. The number of benzene rings is 1. The number of hydrogen-bond donors (Lipinski definition) is 0. The van der Waals surface area contributed by atoms with Crippen molar-refractivity contribution in [3.05, 3.63) is 35.4 Å². The molecule has 2 rings (SSSR count). The normalized spacial score (nSPS) is 10.4. The molecule has 0 aliphatic rings. The smallest absolute Gasteiger partial charge is 0.212 e. The second-order valence-corrected chi connectivity index (χ2v) is 3.39. The van der Waals surface area contributed by atoms with Gasteiger partial charge in [0.15, 0.2) is 6.61 Å². The van der Waals surface area contributed by atoms with Crippen LogP contribution in [0.2, 0.25) is 0 Å². The molecule has 0 radical (unpaired) electrons. The van der Waals surface area contributed by atoms with E-state index in [4.69, 9.17) is 4.74 Å². The molecule has 0 amide bonds. The highest BCUT2D eigenvalue weighted by molar-refractivity contribution is 5.27. The molecule has 6 heteroatoms. The topological polar surface area (TPSA) is 52.8 Å². The zero-order chi connectivity index (χ0) is 11.5. The van der Waals surface area contributed by atoms with Crippen molar-refractivity contribution >= 4 is 0 Å². The van der Waals surface area contributed by atoms with E-state index in [0.29, 0.717) is 17.1 Å². The SMILES string of the molecule is Cc1ccc(OCc2nnn(C)n2)cc1F. The summed E-state index contributed by atoms with van der Waals surface area (Å²) in [5, 5.41) is 11.4. The van der Waals surface area contributed by atoms with E-state index in [2.05, 4.69) is 15.4 Å². The predicted molar refractivity (Wildman–Crippen MR) is 54.3 cm³/mol. The number of tetrazole rings is 1. The van der Waals surface area contributed by atoms with Gasteiger partial charge in [-0.25, -0.2) is 4.39 Å². The lowest BCUT2D eigenvalue weighted by atomic mass is 10.2. The molecular weight excluding hydrogens is 211 g/mol. The Morgan fingerprint density at radius 1 is 1.44 bits per heavy atom. The molecule has 0 unspecified atom stereocenters. The molecule has 1 heterocycles. The third kappa shape index (κ3) is 2.33. The van der Waals surface area contributed by atoms with Gasteiger partial charge in [-0.1, -0.05) is 6.07 Å². The van der Waals surface area contributed by atoms with Crippen molar-refractivity contribution in [3.8, 4) is 5.75 Å². The summed E-state index contributed by atoms with van der Waals surface area (Å²) in [6.07, 6.45) is 0. The zero-order valence-electron chi connectivity index (χ0n) is 9.01. The molecule has 0 fully saturated rings. The average molecular weight is 222 g/mol. The van der Waals surface area contributed by atoms with Gasteiger partial charge in [0.05, 0.1) is 7.05 Å². The Bertz CT molecular complexity index is 497. The molecule has 0 saturated carbocycles. The predicted octanol–water partition coefficient (Wildman–Crippen LogP) is 1.24. The van der Waals surface area contributed by atoms with Crippen LogP contribution in [0.5, 0.6) is 5.75 Å². The van der Waals surface area contributed by atoms with Crippen LogP contribution in [0.25, 0.3) is 0 Å². The minimum absolute atomic E-state index is 0.177. The molecule has 16 heavy (non-hydrogen) atoms. The van der Waals surface area contributed by atoms with Crippen molar-refractivity contribution in [3.63, 3.8) is 0 Å². The highest BCUT2D eigenvalue weighted by atomic mass is 19.1. The van der Waals surface area contributed by atoms with Gasteiger partial charge in [0, 0.05) is 6.07 Å². The zero-order valence-corrected chi connectivity index (χ0v) is 9.01. The first kappa shape index (κ1) is 10.5. The first-order chi connectivity index (χ1) is 7.65. The molecule has 0 aliphatic carbocycles. The first-order valence-electron chi connectivity index (χ1n) is 4.77. The number of halogens is 1. The van der Waals surface area contributed by atoms with Crippen molar-refractivity contribution in [2.75, 3.05) is 0 Å². The fraction of sp³-hybridized carbons (Fsp3) is 0.300. The summed E-state index contributed by atoms with van der Waals surface area (Å²) in [5.74, 6) is 0.628. The molecule has 84 valence electrons. The van der Waals surface area contributed by atoms with E-state index >= 15 is 0 Å².